The largest absolute Gasteiger partial charge is 0.342 e. The molecule has 4 amide bonds. The molecule has 1 aromatic rings. The molecule has 2 heterocycles. The van der Waals surface area contributed by atoms with Crippen LogP contribution in [0, 0.1) is 6.92 Å². The summed E-state index contributed by atoms with van der Waals surface area (Å²) in [7, 11) is 0. The Balaban J connectivity index is 1.55. The number of carbonyl (C=O) groups is 3. The highest BCUT2D eigenvalue weighted by Crippen LogP contribution is 2.19. The van der Waals surface area contributed by atoms with E-state index in [9.17, 15) is 14.4 Å². The molecule has 1 aromatic carbocycles. The lowest BCUT2D eigenvalue weighted by Gasteiger charge is -2.35. The van der Waals surface area contributed by atoms with Gasteiger partial charge in [-0.25, -0.2) is 4.79 Å². The van der Waals surface area contributed by atoms with Crippen LogP contribution in [0.15, 0.2) is 24.3 Å². The van der Waals surface area contributed by atoms with Crippen LogP contribution in [-0.2, 0) is 16.0 Å². The third-order valence-corrected chi connectivity index (χ3v) is 4.50. The molecule has 0 aromatic heterocycles. The van der Waals surface area contributed by atoms with Gasteiger partial charge in [0.25, 0.3) is 0 Å². The summed E-state index contributed by atoms with van der Waals surface area (Å²) in [6.07, 6.45) is 1.70. The minimum atomic E-state index is -0.306. The zero-order valence-electron chi connectivity index (χ0n) is 13.2. The topological polar surface area (TPSA) is 69.7 Å². The molecule has 1 N–H and O–H groups in total. The van der Waals surface area contributed by atoms with Crippen LogP contribution in [0.4, 0.5) is 4.79 Å². The molecule has 0 unspecified atom stereocenters. The van der Waals surface area contributed by atoms with Gasteiger partial charge in [0.2, 0.25) is 11.8 Å². The van der Waals surface area contributed by atoms with E-state index < -0.39 is 0 Å². The highest BCUT2D eigenvalue weighted by Gasteiger charge is 2.37. The maximum atomic E-state index is 12.4. The number of piperidine rings is 1. The normalized spacial score (nSPS) is 19.2. The molecule has 0 radical (unpaired) electrons. The van der Waals surface area contributed by atoms with E-state index >= 15 is 0 Å². The molecule has 6 heteroatoms. The molecular weight excluding hydrogens is 294 g/mol. The van der Waals surface area contributed by atoms with Crippen LogP contribution in [0.2, 0.25) is 0 Å². The number of rotatable bonds is 3. The number of urea groups is 1. The summed E-state index contributed by atoms with van der Waals surface area (Å²) in [5.74, 6) is -0.0641. The van der Waals surface area contributed by atoms with Gasteiger partial charge in [-0.1, -0.05) is 29.8 Å². The van der Waals surface area contributed by atoms with Gasteiger partial charge in [-0.2, -0.15) is 0 Å². The number of benzene rings is 1. The maximum absolute atomic E-state index is 12.4. The number of likely N-dealkylation sites (tertiary alicyclic amines) is 1. The Labute approximate surface area is 135 Å². The van der Waals surface area contributed by atoms with Crippen LogP contribution >= 0.6 is 0 Å². The summed E-state index contributed by atoms with van der Waals surface area (Å²) in [6.45, 7) is 3.28. The quantitative estimate of drug-likeness (QED) is 0.849. The van der Waals surface area contributed by atoms with E-state index in [1.807, 2.05) is 36.1 Å². The average molecular weight is 315 g/mol. The van der Waals surface area contributed by atoms with Gasteiger partial charge in [0.05, 0.1) is 13.0 Å². The van der Waals surface area contributed by atoms with E-state index in [4.69, 9.17) is 0 Å². The Bertz CT molecular complexity index is 620. The van der Waals surface area contributed by atoms with Crippen LogP contribution in [-0.4, -0.2) is 53.3 Å². The zero-order valence-corrected chi connectivity index (χ0v) is 13.2. The lowest BCUT2D eigenvalue weighted by molar-refractivity contribution is -0.132. The number of hydrogen-bond donors (Lipinski definition) is 1. The SMILES string of the molecule is Cc1cccc(CC(=O)N2CCC(N3C(=O)CNC3=O)CC2)c1. The summed E-state index contributed by atoms with van der Waals surface area (Å²) in [5, 5.41) is 2.55. The second-order valence-corrected chi connectivity index (χ2v) is 6.20. The van der Waals surface area contributed by atoms with Gasteiger partial charge < -0.3 is 10.2 Å². The Kier molecular flexibility index (Phi) is 4.32. The van der Waals surface area contributed by atoms with Gasteiger partial charge in [-0.15, -0.1) is 0 Å². The van der Waals surface area contributed by atoms with E-state index in [1.54, 1.807) is 0 Å². The predicted molar refractivity (Wildman–Crippen MR) is 84.7 cm³/mol. The first-order valence-corrected chi connectivity index (χ1v) is 7.98. The minimum Gasteiger partial charge on any atom is -0.342 e. The Morgan fingerprint density at radius 1 is 1.26 bits per heavy atom. The second kappa shape index (κ2) is 6.40. The predicted octanol–water partition coefficient (Wildman–Crippen LogP) is 1.08. The molecule has 0 saturated carbocycles. The van der Waals surface area contributed by atoms with Crippen molar-refractivity contribution in [1.82, 2.24) is 15.1 Å². The van der Waals surface area contributed by atoms with Crippen LogP contribution in [0.1, 0.15) is 24.0 Å². The van der Waals surface area contributed by atoms with Crippen molar-refractivity contribution in [3.63, 3.8) is 0 Å². The molecule has 122 valence electrons. The molecule has 3 rings (SSSR count). The number of amides is 4. The van der Waals surface area contributed by atoms with Crippen molar-refractivity contribution in [2.75, 3.05) is 19.6 Å². The number of hydrogen-bond acceptors (Lipinski definition) is 3. The highest BCUT2D eigenvalue weighted by molar-refractivity contribution is 6.02. The molecule has 2 fully saturated rings. The van der Waals surface area contributed by atoms with Crippen molar-refractivity contribution in [2.45, 2.75) is 32.2 Å². The lowest BCUT2D eigenvalue weighted by Crippen LogP contribution is -2.49. The fourth-order valence-corrected chi connectivity index (χ4v) is 3.29. The van der Waals surface area contributed by atoms with Crippen molar-refractivity contribution < 1.29 is 14.4 Å². The first-order valence-electron chi connectivity index (χ1n) is 7.98. The van der Waals surface area contributed by atoms with E-state index in [0.29, 0.717) is 32.4 Å². The monoisotopic (exact) mass is 315 g/mol. The van der Waals surface area contributed by atoms with Crippen LogP contribution in [0.3, 0.4) is 0 Å². The van der Waals surface area contributed by atoms with Crippen LogP contribution in [0.5, 0.6) is 0 Å². The molecule has 2 aliphatic heterocycles. The molecule has 0 atom stereocenters. The van der Waals surface area contributed by atoms with Crippen LogP contribution in [0.25, 0.3) is 0 Å². The van der Waals surface area contributed by atoms with E-state index in [2.05, 4.69) is 5.32 Å². The van der Waals surface area contributed by atoms with Gasteiger partial charge in [0.1, 0.15) is 0 Å². The van der Waals surface area contributed by atoms with Gasteiger partial charge in [0.15, 0.2) is 0 Å². The first kappa shape index (κ1) is 15.5. The number of nitrogens with zero attached hydrogens (tertiary/aromatic N) is 2. The average Bonchev–Trinajstić information content (AvgIpc) is 2.86. The second-order valence-electron chi connectivity index (χ2n) is 6.20. The van der Waals surface area contributed by atoms with E-state index in [-0.39, 0.29) is 30.4 Å². The van der Waals surface area contributed by atoms with Crippen molar-refractivity contribution >= 4 is 17.8 Å². The summed E-state index contributed by atoms with van der Waals surface area (Å²) in [5.41, 5.74) is 2.17. The molecule has 2 aliphatic rings. The third-order valence-electron chi connectivity index (χ3n) is 4.50. The molecular formula is C17H21N3O3. The maximum Gasteiger partial charge on any atom is 0.324 e. The van der Waals surface area contributed by atoms with Gasteiger partial charge in [0, 0.05) is 19.1 Å². The summed E-state index contributed by atoms with van der Waals surface area (Å²) in [6, 6.07) is 7.56. The lowest BCUT2D eigenvalue weighted by atomic mass is 10.0. The van der Waals surface area contributed by atoms with Gasteiger partial charge >= 0.3 is 6.03 Å². The van der Waals surface area contributed by atoms with Crippen molar-refractivity contribution in [3.8, 4) is 0 Å². The standard InChI is InChI=1S/C17H21N3O3/c1-12-3-2-4-13(9-12)10-15(21)19-7-5-14(6-8-19)20-16(22)11-18-17(20)23/h2-4,9,14H,5-8,10-11H2,1H3,(H,18,23). The van der Waals surface area contributed by atoms with Crippen molar-refractivity contribution in [3.05, 3.63) is 35.4 Å². The van der Waals surface area contributed by atoms with Gasteiger partial charge in [-0.05, 0) is 25.3 Å². The zero-order chi connectivity index (χ0) is 16.4. The summed E-state index contributed by atoms with van der Waals surface area (Å²) in [4.78, 5) is 39.0. The summed E-state index contributed by atoms with van der Waals surface area (Å²) >= 11 is 0. The highest BCUT2D eigenvalue weighted by atomic mass is 16.2. The third kappa shape index (κ3) is 3.36. The van der Waals surface area contributed by atoms with Crippen molar-refractivity contribution in [1.29, 1.82) is 0 Å². The van der Waals surface area contributed by atoms with Crippen LogP contribution < -0.4 is 5.32 Å². The fraction of sp³-hybridized carbons (Fsp3) is 0.471. The van der Waals surface area contributed by atoms with Crippen molar-refractivity contribution in [2.24, 2.45) is 0 Å². The van der Waals surface area contributed by atoms with E-state index in [0.717, 1.165) is 11.1 Å². The fourth-order valence-electron chi connectivity index (χ4n) is 3.29. The number of imide groups is 1. The first-order chi connectivity index (χ1) is 11.0. The summed E-state index contributed by atoms with van der Waals surface area (Å²) < 4.78 is 0. The molecule has 2 saturated heterocycles. The molecule has 0 aliphatic carbocycles. The Morgan fingerprint density at radius 3 is 2.61 bits per heavy atom. The smallest absolute Gasteiger partial charge is 0.324 e. The molecule has 0 spiro atoms. The number of carbonyl (C=O) groups excluding carboxylic acids is 3. The Morgan fingerprint density at radius 2 is 2.00 bits per heavy atom. The number of nitrogens with one attached hydrogen (secondary N) is 1. The molecule has 23 heavy (non-hydrogen) atoms. The minimum absolute atomic E-state index is 0.0886. The molecule has 0 bridgehead atoms. The van der Waals surface area contributed by atoms with E-state index in [1.165, 1.54) is 4.90 Å². The molecule has 6 nitrogen and oxygen atoms in total. The Hall–Kier alpha value is -2.37. The van der Waals surface area contributed by atoms with Gasteiger partial charge in [-0.3, -0.25) is 14.5 Å². The number of aryl methyl sites for hydroxylation is 1.